The largest absolute Gasteiger partial charge is 0.466 e. The lowest BCUT2D eigenvalue weighted by Gasteiger charge is -2.23. The number of furan rings is 1. The highest BCUT2D eigenvalue weighted by Gasteiger charge is 2.46. The van der Waals surface area contributed by atoms with Crippen LogP contribution in [0.4, 0.5) is 0 Å². The average molecular weight is 167 g/mol. The van der Waals surface area contributed by atoms with Crippen molar-refractivity contribution in [3.05, 3.63) is 24.2 Å². The maximum absolute atomic E-state index is 10.1. The molecule has 1 aliphatic carbocycles. The zero-order valence-corrected chi connectivity index (χ0v) is 6.86. The third kappa shape index (κ3) is 1.06. The molecule has 2 rings (SSSR count). The highest BCUT2D eigenvalue weighted by atomic mass is 16.4. The molecule has 1 aliphatic rings. The van der Waals surface area contributed by atoms with Crippen molar-refractivity contribution in [2.45, 2.75) is 18.4 Å². The molecule has 0 spiro atoms. The van der Waals surface area contributed by atoms with Crippen LogP contribution in [0.5, 0.6) is 0 Å². The molecule has 3 heteroatoms. The van der Waals surface area contributed by atoms with Gasteiger partial charge in [0.05, 0.1) is 6.26 Å². The zero-order valence-electron chi connectivity index (χ0n) is 6.86. The Kier molecular flexibility index (Phi) is 1.70. The minimum atomic E-state index is -0.913. The van der Waals surface area contributed by atoms with E-state index in [1.165, 1.54) is 0 Å². The molecule has 0 unspecified atom stereocenters. The molecule has 1 fully saturated rings. The van der Waals surface area contributed by atoms with Gasteiger partial charge in [-0.25, -0.2) is 0 Å². The molecule has 1 atom stereocenters. The van der Waals surface area contributed by atoms with Gasteiger partial charge in [-0.2, -0.15) is 0 Å². The Balaban J connectivity index is 2.27. The van der Waals surface area contributed by atoms with E-state index in [0.29, 0.717) is 11.7 Å². The van der Waals surface area contributed by atoms with Gasteiger partial charge in [0.1, 0.15) is 11.4 Å². The first-order valence-electron chi connectivity index (χ1n) is 4.24. The van der Waals surface area contributed by atoms with Crippen LogP contribution in [0.15, 0.2) is 22.8 Å². The average Bonchev–Trinajstić information content (AvgIpc) is 2.80. The second-order valence-electron chi connectivity index (χ2n) is 3.38. The van der Waals surface area contributed by atoms with Gasteiger partial charge >= 0.3 is 0 Å². The summed E-state index contributed by atoms with van der Waals surface area (Å²) in [6.07, 6.45) is 3.67. The lowest BCUT2D eigenvalue weighted by atomic mass is 9.95. The van der Waals surface area contributed by atoms with Gasteiger partial charge < -0.3 is 15.3 Å². The van der Waals surface area contributed by atoms with Crippen molar-refractivity contribution in [2.75, 3.05) is 6.54 Å². The van der Waals surface area contributed by atoms with Gasteiger partial charge in [0, 0.05) is 6.54 Å². The van der Waals surface area contributed by atoms with Crippen LogP contribution < -0.4 is 5.73 Å². The van der Waals surface area contributed by atoms with E-state index in [9.17, 15) is 5.11 Å². The molecule has 1 aromatic rings. The zero-order chi connectivity index (χ0) is 8.60. The van der Waals surface area contributed by atoms with Gasteiger partial charge in [-0.3, -0.25) is 0 Å². The fourth-order valence-corrected chi connectivity index (χ4v) is 1.55. The van der Waals surface area contributed by atoms with Gasteiger partial charge in [-0.05, 0) is 30.9 Å². The molecule has 0 amide bonds. The van der Waals surface area contributed by atoms with Crippen LogP contribution in [0, 0.1) is 5.92 Å². The lowest BCUT2D eigenvalue weighted by molar-refractivity contribution is 0.00116. The van der Waals surface area contributed by atoms with Gasteiger partial charge in [0.2, 0.25) is 0 Å². The summed E-state index contributed by atoms with van der Waals surface area (Å²) in [5, 5.41) is 10.1. The Bertz CT molecular complexity index is 254. The first-order valence-corrected chi connectivity index (χ1v) is 4.24. The fraction of sp³-hybridized carbons (Fsp3) is 0.556. The van der Waals surface area contributed by atoms with E-state index in [0.717, 1.165) is 12.8 Å². The van der Waals surface area contributed by atoms with Crippen molar-refractivity contribution in [3.8, 4) is 0 Å². The fourth-order valence-electron chi connectivity index (χ4n) is 1.55. The Hall–Kier alpha value is -0.800. The first-order chi connectivity index (χ1) is 5.77. The van der Waals surface area contributed by atoms with Crippen molar-refractivity contribution in [2.24, 2.45) is 11.7 Å². The quantitative estimate of drug-likeness (QED) is 0.701. The summed E-state index contributed by atoms with van der Waals surface area (Å²) in [6.45, 7) is 0.241. The predicted molar refractivity (Wildman–Crippen MR) is 44.4 cm³/mol. The monoisotopic (exact) mass is 167 g/mol. The predicted octanol–water partition coefficient (Wildman–Crippen LogP) is 0.836. The van der Waals surface area contributed by atoms with E-state index >= 15 is 0 Å². The van der Waals surface area contributed by atoms with Crippen LogP contribution in [0.2, 0.25) is 0 Å². The van der Waals surface area contributed by atoms with Crippen LogP contribution in [-0.2, 0) is 5.60 Å². The summed E-state index contributed by atoms with van der Waals surface area (Å²) in [6, 6.07) is 3.56. The van der Waals surface area contributed by atoms with E-state index < -0.39 is 5.60 Å². The van der Waals surface area contributed by atoms with Crippen molar-refractivity contribution < 1.29 is 9.52 Å². The molecular formula is C9H13NO2. The molecule has 0 aromatic carbocycles. The van der Waals surface area contributed by atoms with Gasteiger partial charge in [-0.1, -0.05) is 0 Å². The molecule has 0 radical (unpaired) electrons. The lowest BCUT2D eigenvalue weighted by Crippen LogP contribution is -2.36. The molecule has 0 bridgehead atoms. The molecule has 1 heterocycles. The van der Waals surface area contributed by atoms with Crippen LogP contribution in [0.3, 0.4) is 0 Å². The molecule has 3 N–H and O–H groups in total. The second-order valence-corrected chi connectivity index (χ2v) is 3.38. The number of hydrogen-bond acceptors (Lipinski definition) is 3. The Labute approximate surface area is 71.2 Å². The third-order valence-electron chi connectivity index (χ3n) is 2.51. The van der Waals surface area contributed by atoms with Crippen molar-refractivity contribution in [1.82, 2.24) is 0 Å². The maximum Gasteiger partial charge on any atom is 0.137 e. The highest BCUT2D eigenvalue weighted by molar-refractivity contribution is 5.14. The van der Waals surface area contributed by atoms with Crippen LogP contribution in [-0.4, -0.2) is 11.7 Å². The number of hydrogen-bond donors (Lipinski definition) is 2. The Morgan fingerprint density at radius 3 is 2.83 bits per heavy atom. The molecule has 3 nitrogen and oxygen atoms in total. The number of rotatable bonds is 3. The van der Waals surface area contributed by atoms with E-state index in [1.54, 1.807) is 18.4 Å². The molecule has 66 valence electrons. The summed E-state index contributed by atoms with van der Waals surface area (Å²) in [5.74, 6) is 0.904. The minimum Gasteiger partial charge on any atom is -0.466 e. The van der Waals surface area contributed by atoms with Gasteiger partial charge in [-0.15, -0.1) is 0 Å². The molecule has 12 heavy (non-hydrogen) atoms. The van der Waals surface area contributed by atoms with E-state index in [-0.39, 0.29) is 6.54 Å². The summed E-state index contributed by atoms with van der Waals surface area (Å²) < 4.78 is 5.16. The minimum absolute atomic E-state index is 0.241. The molecule has 1 saturated carbocycles. The Morgan fingerprint density at radius 1 is 1.67 bits per heavy atom. The topological polar surface area (TPSA) is 59.4 Å². The molecule has 0 saturated heterocycles. The van der Waals surface area contributed by atoms with Crippen molar-refractivity contribution >= 4 is 0 Å². The molecular weight excluding hydrogens is 154 g/mol. The standard InChI is InChI=1S/C9H13NO2/c10-6-9(11,7-3-4-7)8-2-1-5-12-8/h1-2,5,7,11H,3-4,6,10H2/t9-/m0/s1. The van der Waals surface area contributed by atoms with Crippen LogP contribution in [0.1, 0.15) is 18.6 Å². The van der Waals surface area contributed by atoms with Crippen LogP contribution >= 0.6 is 0 Å². The Morgan fingerprint density at radius 2 is 2.42 bits per heavy atom. The van der Waals surface area contributed by atoms with E-state index in [2.05, 4.69) is 0 Å². The number of aliphatic hydroxyl groups is 1. The van der Waals surface area contributed by atoms with Crippen molar-refractivity contribution in [3.63, 3.8) is 0 Å². The van der Waals surface area contributed by atoms with Gasteiger partial charge in [0.15, 0.2) is 0 Å². The first kappa shape index (κ1) is 7.83. The third-order valence-corrected chi connectivity index (χ3v) is 2.51. The maximum atomic E-state index is 10.1. The summed E-state index contributed by atoms with van der Waals surface area (Å²) in [7, 11) is 0. The van der Waals surface area contributed by atoms with Crippen molar-refractivity contribution in [1.29, 1.82) is 0 Å². The molecule has 1 aromatic heterocycles. The smallest absolute Gasteiger partial charge is 0.137 e. The summed E-state index contributed by atoms with van der Waals surface area (Å²) in [4.78, 5) is 0. The summed E-state index contributed by atoms with van der Waals surface area (Å²) in [5.41, 5.74) is 4.62. The second kappa shape index (κ2) is 2.61. The normalized spacial score (nSPS) is 22.2. The highest BCUT2D eigenvalue weighted by Crippen LogP contribution is 2.45. The SMILES string of the molecule is NC[C@@](O)(c1ccco1)C1CC1. The number of nitrogens with two attached hydrogens (primary N) is 1. The van der Waals surface area contributed by atoms with Gasteiger partial charge in [0.25, 0.3) is 0 Å². The van der Waals surface area contributed by atoms with Crippen LogP contribution in [0.25, 0.3) is 0 Å². The molecule has 0 aliphatic heterocycles. The van der Waals surface area contributed by atoms with E-state index in [1.807, 2.05) is 0 Å². The van der Waals surface area contributed by atoms with E-state index in [4.69, 9.17) is 10.2 Å². The summed E-state index contributed by atoms with van der Waals surface area (Å²) >= 11 is 0.